The fraction of sp³-hybridized carbons (Fsp3) is 0.556. The van der Waals surface area contributed by atoms with Crippen LogP contribution in [0.5, 0.6) is 11.5 Å². The molecule has 0 spiro atoms. The molecule has 1 N–H and O–H groups in total. The summed E-state index contributed by atoms with van der Waals surface area (Å²) in [5, 5.41) is 9.25. The first-order valence-electron chi connectivity index (χ1n) is 8.52. The summed E-state index contributed by atoms with van der Waals surface area (Å²) in [4.78, 5) is 27.5. The topological polar surface area (TPSA) is 79.3 Å². The van der Waals surface area contributed by atoms with Crippen LogP contribution in [0.4, 0.5) is 0 Å². The number of ether oxygens (including phenoxy) is 2. The van der Waals surface area contributed by atoms with Gasteiger partial charge in [0.25, 0.3) is 0 Å². The lowest BCUT2D eigenvalue weighted by Gasteiger charge is -2.31. The monoisotopic (exact) mass is 348 g/mol. The summed E-state index contributed by atoms with van der Waals surface area (Å²) in [5.41, 5.74) is 2.21. The Hall–Kier alpha value is -2.28. The van der Waals surface area contributed by atoms with Crippen LogP contribution in [0.15, 0.2) is 12.1 Å². The van der Waals surface area contributed by atoms with E-state index in [1.54, 1.807) is 24.0 Å². The van der Waals surface area contributed by atoms with Crippen molar-refractivity contribution in [3.05, 3.63) is 23.3 Å². The molecule has 1 amide bonds. The zero-order valence-electron chi connectivity index (χ0n) is 14.7. The minimum absolute atomic E-state index is 0.0198. The number of carboxylic acid groups (broad SMARTS) is 1. The van der Waals surface area contributed by atoms with E-state index in [1.165, 1.54) is 0 Å². The number of benzene rings is 1. The van der Waals surface area contributed by atoms with Crippen molar-refractivity contribution in [2.45, 2.75) is 31.8 Å². The number of nitrogens with zero attached hydrogens (tertiary/aromatic N) is 2. The Morgan fingerprint density at radius 2 is 1.84 bits per heavy atom. The van der Waals surface area contributed by atoms with Gasteiger partial charge in [0.15, 0.2) is 11.5 Å². The molecule has 0 saturated carbocycles. The summed E-state index contributed by atoms with van der Waals surface area (Å²) in [6.07, 6.45) is 2.19. The van der Waals surface area contributed by atoms with Gasteiger partial charge >= 0.3 is 5.97 Å². The van der Waals surface area contributed by atoms with Gasteiger partial charge in [0.2, 0.25) is 5.91 Å². The normalized spacial score (nSPS) is 20.2. The van der Waals surface area contributed by atoms with Crippen molar-refractivity contribution in [2.75, 3.05) is 33.9 Å². The maximum absolute atomic E-state index is 12.6. The second-order valence-corrected chi connectivity index (χ2v) is 6.51. The van der Waals surface area contributed by atoms with Crippen LogP contribution in [0.25, 0.3) is 0 Å². The molecule has 2 aliphatic rings. The van der Waals surface area contributed by atoms with E-state index in [-0.39, 0.29) is 12.5 Å². The lowest BCUT2D eigenvalue weighted by atomic mass is 9.98. The van der Waals surface area contributed by atoms with Crippen LogP contribution in [0, 0.1) is 0 Å². The van der Waals surface area contributed by atoms with Gasteiger partial charge < -0.3 is 19.5 Å². The van der Waals surface area contributed by atoms with Gasteiger partial charge in [-0.05, 0) is 49.1 Å². The zero-order chi connectivity index (χ0) is 18.0. The van der Waals surface area contributed by atoms with E-state index >= 15 is 0 Å². The third-order valence-electron chi connectivity index (χ3n) is 5.06. The summed E-state index contributed by atoms with van der Waals surface area (Å²) in [5.74, 6) is 0.489. The van der Waals surface area contributed by atoms with E-state index in [4.69, 9.17) is 9.47 Å². The smallest absolute Gasteiger partial charge is 0.320 e. The number of aliphatic carboxylic acids is 1. The molecule has 1 saturated heterocycles. The molecule has 2 aliphatic heterocycles. The maximum Gasteiger partial charge on any atom is 0.320 e. The van der Waals surface area contributed by atoms with Crippen LogP contribution in [-0.4, -0.2) is 66.7 Å². The Morgan fingerprint density at radius 1 is 1.16 bits per heavy atom. The minimum atomic E-state index is -0.842. The number of methoxy groups -OCH3 is 2. The SMILES string of the molecule is COc1cc2c(cc1OC)CN(C(=O)CN1CCCC1C(=O)O)CC2. The van der Waals surface area contributed by atoms with E-state index in [0.717, 1.165) is 24.0 Å². The number of carbonyl (C=O) groups excluding carboxylic acids is 1. The summed E-state index contributed by atoms with van der Waals surface area (Å²) < 4.78 is 10.7. The molecule has 1 aromatic rings. The highest BCUT2D eigenvalue weighted by Crippen LogP contribution is 2.33. The van der Waals surface area contributed by atoms with Crippen molar-refractivity contribution in [1.29, 1.82) is 0 Å². The molecule has 3 rings (SSSR count). The molecule has 1 unspecified atom stereocenters. The fourth-order valence-electron chi connectivity index (χ4n) is 3.66. The van der Waals surface area contributed by atoms with Crippen molar-refractivity contribution >= 4 is 11.9 Å². The van der Waals surface area contributed by atoms with E-state index in [0.29, 0.717) is 37.6 Å². The molecule has 0 aliphatic carbocycles. The van der Waals surface area contributed by atoms with Crippen LogP contribution in [0.1, 0.15) is 24.0 Å². The average molecular weight is 348 g/mol. The number of hydrogen-bond acceptors (Lipinski definition) is 5. The molecule has 0 radical (unpaired) electrons. The van der Waals surface area contributed by atoms with Gasteiger partial charge in [0, 0.05) is 13.1 Å². The second-order valence-electron chi connectivity index (χ2n) is 6.51. The van der Waals surface area contributed by atoms with Crippen LogP contribution in [0.3, 0.4) is 0 Å². The van der Waals surface area contributed by atoms with Crippen LogP contribution < -0.4 is 9.47 Å². The third kappa shape index (κ3) is 3.56. The first-order chi connectivity index (χ1) is 12.0. The maximum atomic E-state index is 12.6. The summed E-state index contributed by atoms with van der Waals surface area (Å²) in [7, 11) is 3.20. The van der Waals surface area contributed by atoms with E-state index in [2.05, 4.69) is 0 Å². The van der Waals surface area contributed by atoms with Gasteiger partial charge in [-0.2, -0.15) is 0 Å². The first kappa shape index (κ1) is 17.5. The first-order valence-corrected chi connectivity index (χ1v) is 8.52. The van der Waals surface area contributed by atoms with Crippen LogP contribution >= 0.6 is 0 Å². The van der Waals surface area contributed by atoms with Crippen molar-refractivity contribution in [3.63, 3.8) is 0 Å². The Balaban J connectivity index is 1.69. The van der Waals surface area contributed by atoms with Gasteiger partial charge in [-0.15, -0.1) is 0 Å². The lowest BCUT2D eigenvalue weighted by molar-refractivity contribution is -0.143. The molecule has 1 aromatic carbocycles. The predicted octanol–water partition coefficient (Wildman–Crippen LogP) is 1.14. The largest absolute Gasteiger partial charge is 0.493 e. The van der Waals surface area contributed by atoms with E-state index in [9.17, 15) is 14.7 Å². The highest BCUT2D eigenvalue weighted by molar-refractivity contribution is 5.80. The molecule has 0 bridgehead atoms. The number of hydrogen-bond donors (Lipinski definition) is 1. The number of likely N-dealkylation sites (tertiary alicyclic amines) is 1. The molecule has 2 heterocycles. The van der Waals surface area contributed by atoms with Gasteiger partial charge in [0.1, 0.15) is 6.04 Å². The molecular weight excluding hydrogens is 324 g/mol. The Labute approximate surface area is 147 Å². The van der Waals surface area contributed by atoms with Crippen molar-refractivity contribution < 1.29 is 24.2 Å². The van der Waals surface area contributed by atoms with Crippen LogP contribution in [0.2, 0.25) is 0 Å². The van der Waals surface area contributed by atoms with Crippen LogP contribution in [-0.2, 0) is 22.6 Å². The summed E-state index contributed by atoms with van der Waals surface area (Å²) >= 11 is 0. The quantitative estimate of drug-likeness (QED) is 0.860. The number of carboxylic acids is 1. The molecule has 136 valence electrons. The van der Waals surface area contributed by atoms with Gasteiger partial charge in [-0.1, -0.05) is 0 Å². The Kier molecular flexibility index (Phi) is 5.13. The van der Waals surface area contributed by atoms with Crippen molar-refractivity contribution in [1.82, 2.24) is 9.80 Å². The average Bonchev–Trinajstić information content (AvgIpc) is 3.08. The molecule has 25 heavy (non-hydrogen) atoms. The summed E-state index contributed by atoms with van der Waals surface area (Å²) in [6, 6.07) is 3.35. The second kappa shape index (κ2) is 7.31. The predicted molar refractivity (Wildman–Crippen MR) is 90.9 cm³/mol. The molecule has 1 fully saturated rings. The van der Waals surface area contributed by atoms with Gasteiger partial charge in [-0.25, -0.2) is 0 Å². The Bertz CT molecular complexity index is 676. The summed E-state index contributed by atoms with van der Waals surface area (Å²) in [6.45, 7) is 1.98. The highest BCUT2D eigenvalue weighted by Gasteiger charge is 2.33. The molecule has 1 atom stereocenters. The standard InChI is InChI=1S/C18H24N2O5/c1-24-15-8-12-5-7-20(10-13(12)9-16(15)25-2)17(21)11-19-6-3-4-14(19)18(22)23/h8-9,14H,3-7,10-11H2,1-2H3,(H,22,23). The number of carbonyl (C=O) groups is 2. The van der Waals surface area contributed by atoms with Gasteiger partial charge in [-0.3, -0.25) is 14.5 Å². The fourth-order valence-corrected chi connectivity index (χ4v) is 3.66. The minimum Gasteiger partial charge on any atom is -0.493 e. The zero-order valence-corrected chi connectivity index (χ0v) is 14.7. The number of amides is 1. The van der Waals surface area contributed by atoms with E-state index < -0.39 is 12.0 Å². The van der Waals surface area contributed by atoms with E-state index in [1.807, 2.05) is 12.1 Å². The highest BCUT2D eigenvalue weighted by atomic mass is 16.5. The van der Waals surface area contributed by atoms with Crippen molar-refractivity contribution in [2.24, 2.45) is 0 Å². The molecule has 7 heteroatoms. The molecule has 7 nitrogen and oxygen atoms in total. The Morgan fingerprint density at radius 3 is 2.48 bits per heavy atom. The van der Waals surface area contributed by atoms with Gasteiger partial charge in [0.05, 0.1) is 20.8 Å². The molecule has 0 aromatic heterocycles. The lowest BCUT2D eigenvalue weighted by Crippen LogP contribution is -2.46. The number of fused-ring (bicyclic) bond motifs is 1. The van der Waals surface area contributed by atoms with Crippen molar-refractivity contribution in [3.8, 4) is 11.5 Å². The number of rotatable bonds is 5. The molecular formula is C18H24N2O5. The third-order valence-corrected chi connectivity index (χ3v) is 5.06.